The van der Waals surface area contributed by atoms with Crippen LogP contribution in [0.5, 0.6) is 0 Å². The second-order valence-corrected chi connectivity index (χ2v) is 10.1. The number of aromatic nitrogens is 2. The number of hydrogen-bond donors (Lipinski definition) is 0. The predicted octanol–water partition coefficient (Wildman–Crippen LogP) is 5.30. The summed E-state index contributed by atoms with van der Waals surface area (Å²) in [6.45, 7) is 8.74. The van der Waals surface area contributed by atoms with E-state index in [1.54, 1.807) is 40.8 Å². The van der Waals surface area contributed by atoms with Crippen molar-refractivity contribution in [2.45, 2.75) is 49.5 Å². The summed E-state index contributed by atoms with van der Waals surface area (Å²) in [5, 5.41) is 0.262. The van der Waals surface area contributed by atoms with Gasteiger partial charge in [0.25, 0.3) is 6.33 Å². The second-order valence-electron chi connectivity index (χ2n) is 8.22. The Balaban J connectivity index is 1.98. The van der Waals surface area contributed by atoms with Crippen molar-refractivity contribution < 1.29 is 13.0 Å². The molecule has 0 bridgehead atoms. The van der Waals surface area contributed by atoms with Crippen LogP contribution in [0.25, 0.3) is 11.2 Å². The lowest BCUT2D eigenvalue weighted by Gasteiger charge is -2.16. The van der Waals surface area contributed by atoms with Gasteiger partial charge in [0, 0.05) is 11.1 Å². The van der Waals surface area contributed by atoms with Crippen LogP contribution in [0.1, 0.15) is 50.7 Å². The maximum atomic E-state index is 13.3. The molecule has 0 radical (unpaired) electrons. The van der Waals surface area contributed by atoms with Crippen LogP contribution < -0.4 is 4.57 Å². The van der Waals surface area contributed by atoms with Gasteiger partial charge in [-0.1, -0.05) is 70.2 Å². The SMILES string of the molecule is CC(C)c1cccc(C(C)C)c1-[n+]1cc2cccc(S(=O)(=O)c3ccccc3)n2c1. The number of imidazole rings is 1. The molecular weight excluding hydrogens is 392 g/mol. The number of nitrogens with zero attached hydrogens (tertiary/aromatic N) is 2. The molecule has 0 aliphatic carbocycles. The molecule has 0 fully saturated rings. The molecule has 4 nitrogen and oxygen atoms in total. The highest BCUT2D eigenvalue weighted by molar-refractivity contribution is 7.91. The van der Waals surface area contributed by atoms with E-state index < -0.39 is 9.84 Å². The van der Waals surface area contributed by atoms with Crippen molar-refractivity contribution in [3.05, 3.63) is 90.4 Å². The van der Waals surface area contributed by atoms with Gasteiger partial charge in [-0.05, 0) is 36.1 Å². The van der Waals surface area contributed by atoms with Crippen LogP contribution >= 0.6 is 0 Å². The minimum absolute atomic E-state index is 0.262. The van der Waals surface area contributed by atoms with Gasteiger partial charge in [0.1, 0.15) is 11.9 Å². The van der Waals surface area contributed by atoms with Gasteiger partial charge >= 0.3 is 0 Å². The van der Waals surface area contributed by atoms with Gasteiger partial charge in [-0.3, -0.25) is 0 Å². The fourth-order valence-electron chi connectivity index (χ4n) is 3.92. The predicted molar refractivity (Wildman–Crippen MR) is 119 cm³/mol. The first-order valence-electron chi connectivity index (χ1n) is 10.3. The van der Waals surface area contributed by atoms with Gasteiger partial charge in [0.2, 0.25) is 14.9 Å². The zero-order valence-electron chi connectivity index (χ0n) is 17.8. The molecule has 4 rings (SSSR count). The Morgan fingerprint density at radius 3 is 1.97 bits per heavy atom. The Kier molecular flexibility index (Phi) is 5.24. The molecular formula is C25H27N2O2S+. The molecule has 5 heteroatoms. The third-order valence-electron chi connectivity index (χ3n) is 5.46. The monoisotopic (exact) mass is 419 g/mol. The molecule has 2 heterocycles. The van der Waals surface area contributed by atoms with E-state index in [1.165, 1.54) is 11.1 Å². The van der Waals surface area contributed by atoms with Crippen LogP contribution in [0, 0.1) is 0 Å². The number of para-hydroxylation sites is 1. The average Bonchev–Trinajstić information content (AvgIpc) is 3.17. The van der Waals surface area contributed by atoms with Gasteiger partial charge in [-0.2, -0.15) is 4.40 Å². The number of fused-ring (bicyclic) bond motifs is 1. The van der Waals surface area contributed by atoms with E-state index in [-0.39, 0.29) is 5.03 Å². The summed E-state index contributed by atoms with van der Waals surface area (Å²) in [5.74, 6) is 0.698. The highest BCUT2D eigenvalue weighted by Crippen LogP contribution is 2.28. The van der Waals surface area contributed by atoms with E-state index in [0.717, 1.165) is 11.2 Å². The van der Waals surface area contributed by atoms with E-state index in [4.69, 9.17) is 0 Å². The van der Waals surface area contributed by atoms with Gasteiger partial charge in [-0.15, -0.1) is 0 Å². The van der Waals surface area contributed by atoms with Gasteiger partial charge in [0.05, 0.1) is 4.90 Å². The first kappa shape index (κ1) is 20.4. The summed E-state index contributed by atoms with van der Waals surface area (Å²) in [7, 11) is -3.64. The fourth-order valence-corrected chi connectivity index (χ4v) is 5.34. The summed E-state index contributed by atoms with van der Waals surface area (Å²) < 4.78 is 30.5. The normalized spacial score (nSPS) is 12.2. The highest BCUT2D eigenvalue weighted by atomic mass is 32.2. The lowest BCUT2D eigenvalue weighted by atomic mass is 9.92. The Labute approximate surface area is 178 Å². The van der Waals surface area contributed by atoms with Gasteiger partial charge < -0.3 is 0 Å². The fraction of sp³-hybridized carbons (Fsp3) is 0.240. The van der Waals surface area contributed by atoms with Gasteiger partial charge in [0.15, 0.2) is 5.52 Å². The van der Waals surface area contributed by atoms with Crippen LogP contribution in [0.15, 0.2) is 89.2 Å². The van der Waals surface area contributed by atoms with Crippen LogP contribution in [0.2, 0.25) is 0 Å². The van der Waals surface area contributed by atoms with Crippen molar-refractivity contribution in [1.29, 1.82) is 0 Å². The van der Waals surface area contributed by atoms with Crippen LogP contribution in [-0.4, -0.2) is 12.8 Å². The molecule has 2 aromatic carbocycles. The van der Waals surface area contributed by atoms with Crippen molar-refractivity contribution in [1.82, 2.24) is 4.40 Å². The van der Waals surface area contributed by atoms with Crippen molar-refractivity contribution in [2.24, 2.45) is 0 Å². The lowest BCUT2D eigenvalue weighted by molar-refractivity contribution is -0.595. The van der Waals surface area contributed by atoms with E-state index in [1.807, 2.05) is 24.7 Å². The molecule has 2 aromatic heterocycles. The van der Waals surface area contributed by atoms with E-state index in [9.17, 15) is 8.42 Å². The molecule has 0 spiro atoms. The number of benzene rings is 2. The maximum absolute atomic E-state index is 13.3. The number of pyridine rings is 1. The van der Waals surface area contributed by atoms with Crippen molar-refractivity contribution in [3.8, 4) is 5.69 Å². The zero-order valence-corrected chi connectivity index (χ0v) is 18.6. The van der Waals surface area contributed by atoms with E-state index in [0.29, 0.717) is 16.7 Å². The first-order valence-corrected chi connectivity index (χ1v) is 11.7. The smallest absolute Gasteiger partial charge is 0.215 e. The molecule has 0 atom stereocenters. The highest BCUT2D eigenvalue weighted by Gasteiger charge is 2.27. The molecule has 0 saturated heterocycles. The third-order valence-corrected chi connectivity index (χ3v) is 7.24. The quantitative estimate of drug-likeness (QED) is 0.412. The molecule has 154 valence electrons. The van der Waals surface area contributed by atoms with Crippen LogP contribution in [0.3, 0.4) is 0 Å². The number of hydrogen-bond acceptors (Lipinski definition) is 2. The Hall–Kier alpha value is -2.92. The van der Waals surface area contributed by atoms with Gasteiger partial charge in [-0.25, -0.2) is 13.0 Å². The molecule has 0 aliphatic heterocycles. The van der Waals surface area contributed by atoms with Crippen LogP contribution in [0.4, 0.5) is 0 Å². The minimum atomic E-state index is -3.64. The standard InChI is InChI=1S/C25H27N2O2S/c1-18(2)22-13-9-14-23(19(3)4)25(22)26-16-20-10-8-15-24(27(20)17-26)30(28,29)21-11-6-5-7-12-21/h5-19H,1-4H3/q+1. The molecule has 0 N–H and O–H groups in total. The molecule has 0 aliphatic rings. The Morgan fingerprint density at radius 1 is 0.767 bits per heavy atom. The summed E-state index contributed by atoms with van der Waals surface area (Å²) in [6, 6.07) is 20.4. The van der Waals surface area contributed by atoms with Crippen molar-refractivity contribution in [3.63, 3.8) is 0 Å². The van der Waals surface area contributed by atoms with Crippen molar-refractivity contribution >= 4 is 15.4 Å². The molecule has 4 aromatic rings. The average molecular weight is 420 g/mol. The Bertz CT molecular complexity index is 1280. The topological polar surface area (TPSA) is 42.4 Å². The number of rotatable bonds is 5. The molecule has 0 amide bonds. The second kappa shape index (κ2) is 7.73. The first-order chi connectivity index (χ1) is 14.3. The van der Waals surface area contributed by atoms with Crippen molar-refractivity contribution in [2.75, 3.05) is 0 Å². The van der Waals surface area contributed by atoms with E-state index in [2.05, 4.69) is 50.5 Å². The Morgan fingerprint density at radius 2 is 1.37 bits per heavy atom. The minimum Gasteiger partial charge on any atom is -0.215 e. The lowest BCUT2D eigenvalue weighted by Crippen LogP contribution is -2.31. The summed E-state index contributed by atoms with van der Waals surface area (Å²) in [5.41, 5.74) is 4.46. The zero-order chi connectivity index (χ0) is 21.5. The summed E-state index contributed by atoms with van der Waals surface area (Å²) in [4.78, 5) is 0.295. The largest absolute Gasteiger partial charge is 0.255 e. The van der Waals surface area contributed by atoms with E-state index >= 15 is 0 Å². The summed E-state index contributed by atoms with van der Waals surface area (Å²) >= 11 is 0. The molecule has 0 unspecified atom stereocenters. The summed E-state index contributed by atoms with van der Waals surface area (Å²) in [6.07, 6.45) is 3.90. The molecule has 30 heavy (non-hydrogen) atoms. The number of sulfone groups is 1. The maximum Gasteiger partial charge on any atom is 0.255 e. The third kappa shape index (κ3) is 3.43. The van der Waals surface area contributed by atoms with Crippen LogP contribution in [-0.2, 0) is 9.84 Å². The molecule has 0 saturated carbocycles.